The predicted octanol–water partition coefficient (Wildman–Crippen LogP) is 1.64. The lowest BCUT2D eigenvalue weighted by Gasteiger charge is -2.35. The number of likely N-dealkylation sites (tertiary alicyclic amines) is 1. The van der Waals surface area contributed by atoms with Crippen molar-refractivity contribution in [1.82, 2.24) is 24.8 Å². The normalized spacial score (nSPS) is 19.4. The summed E-state index contributed by atoms with van der Waals surface area (Å²) in [5, 5.41) is 9.97. The van der Waals surface area contributed by atoms with Crippen molar-refractivity contribution in [1.29, 1.82) is 0 Å². The number of carbonyl (C=O) groups excluding carboxylic acids is 1. The number of fused-ring (bicyclic) bond motifs is 1. The Bertz CT molecular complexity index is 675. The molecule has 24 heavy (non-hydrogen) atoms. The minimum Gasteiger partial charge on any atom is -0.338 e. The lowest BCUT2D eigenvalue weighted by Crippen LogP contribution is -2.44. The molecule has 1 fully saturated rings. The first-order valence-electron chi connectivity index (χ1n) is 8.70. The van der Waals surface area contributed by atoms with Crippen molar-refractivity contribution >= 4 is 17.2 Å². The van der Waals surface area contributed by atoms with E-state index in [1.165, 1.54) is 10.4 Å². The second-order valence-electron chi connectivity index (χ2n) is 6.66. The summed E-state index contributed by atoms with van der Waals surface area (Å²) in [6.07, 6.45) is 6.58. The topological polar surface area (TPSA) is 54.3 Å². The quantitative estimate of drug-likeness (QED) is 0.845. The molecule has 1 saturated heterocycles. The van der Waals surface area contributed by atoms with Crippen molar-refractivity contribution in [2.45, 2.75) is 32.4 Å². The fraction of sp³-hybridized carbons (Fsp3) is 0.588. The Morgan fingerprint density at radius 3 is 2.92 bits per heavy atom. The Labute approximate surface area is 146 Å². The van der Waals surface area contributed by atoms with Crippen LogP contribution < -0.4 is 0 Å². The molecular weight excluding hydrogens is 322 g/mol. The van der Waals surface area contributed by atoms with Gasteiger partial charge in [-0.15, -0.1) is 16.4 Å². The van der Waals surface area contributed by atoms with Crippen LogP contribution in [0.15, 0.2) is 23.8 Å². The van der Waals surface area contributed by atoms with E-state index >= 15 is 0 Å². The van der Waals surface area contributed by atoms with Gasteiger partial charge >= 0.3 is 0 Å². The Kier molecular flexibility index (Phi) is 4.62. The molecule has 0 unspecified atom stereocenters. The monoisotopic (exact) mass is 345 g/mol. The van der Waals surface area contributed by atoms with E-state index in [1.54, 1.807) is 6.20 Å². The van der Waals surface area contributed by atoms with Crippen molar-refractivity contribution in [3.8, 4) is 0 Å². The van der Waals surface area contributed by atoms with E-state index in [0.29, 0.717) is 5.91 Å². The summed E-state index contributed by atoms with van der Waals surface area (Å²) >= 11 is 1.82. The van der Waals surface area contributed by atoms with Crippen LogP contribution in [0.5, 0.6) is 0 Å². The fourth-order valence-corrected chi connectivity index (χ4v) is 4.58. The number of hydrogen-bond acceptors (Lipinski definition) is 5. The molecule has 0 aromatic carbocycles. The zero-order valence-corrected chi connectivity index (χ0v) is 14.6. The summed E-state index contributed by atoms with van der Waals surface area (Å²) < 4.78 is 1.86. The number of piperidine rings is 1. The van der Waals surface area contributed by atoms with E-state index in [2.05, 4.69) is 31.6 Å². The largest absolute Gasteiger partial charge is 0.338 e. The lowest BCUT2D eigenvalue weighted by molar-refractivity contribution is -0.138. The maximum Gasteiger partial charge on any atom is 0.226 e. The number of amides is 1. The third-order valence-corrected chi connectivity index (χ3v) is 6.20. The van der Waals surface area contributed by atoms with Crippen molar-refractivity contribution in [3.63, 3.8) is 0 Å². The number of aromatic nitrogens is 3. The minimum absolute atomic E-state index is 0.202. The molecule has 0 radical (unpaired) electrons. The second kappa shape index (κ2) is 7.03. The zero-order valence-electron chi connectivity index (χ0n) is 13.8. The summed E-state index contributed by atoms with van der Waals surface area (Å²) in [7, 11) is 0. The van der Waals surface area contributed by atoms with Gasteiger partial charge < -0.3 is 9.80 Å². The highest BCUT2D eigenvalue weighted by Crippen LogP contribution is 2.27. The highest BCUT2D eigenvalue weighted by atomic mass is 32.1. The first kappa shape index (κ1) is 15.8. The van der Waals surface area contributed by atoms with Gasteiger partial charge in [-0.2, -0.15) is 0 Å². The Morgan fingerprint density at radius 1 is 1.25 bits per heavy atom. The van der Waals surface area contributed by atoms with Gasteiger partial charge in [0.1, 0.15) is 0 Å². The van der Waals surface area contributed by atoms with Gasteiger partial charge in [0.2, 0.25) is 5.91 Å². The average Bonchev–Trinajstić information content (AvgIpc) is 3.30. The first-order chi connectivity index (χ1) is 11.8. The fourth-order valence-electron chi connectivity index (χ4n) is 3.69. The van der Waals surface area contributed by atoms with Gasteiger partial charge in [0.25, 0.3) is 0 Å². The number of rotatable bonds is 4. The van der Waals surface area contributed by atoms with E-state index in [4.69, 9.17) is 0 Å². The highest BCUT2D eigenvalue weighted by molar-refractivity contribution is 7.10. The second-order valence-corrected chi connectivity index (χ2v) is 7.66. The third-order valence-electron chi connectivity index (χ3n) is 5.17. The van der Waals surface area contributed by atoms with E-state index in [1.807, 2.05) is 22.2 Å². The van der Waals surface area contributed by atoms with Crippen molar-refractivity contribution in [2.24, 2.45) is 5.92 Å². The molecule has 2 aromatic heterocycles. The maximum absolute atomic E-state index is 12.8. The Balaban J connectivity index is 1.26. The van der Waals surface area contributed by atoms with Crippen LogP contribution in [0.4, 0.5) is 0 Å². The van der Waals surface area contributed by atoms with Crippen LogP contribution in [0.2, 0.25) is 0 Å². The number of nitrogens with zero attached hydrogens (tertiary/aromatic N) is 5. The van der Waals surface area contributed by atoms with E-state index in [0.717, 1.165) is 58.5 Å². The average molecular weight is 345 g/mol. The zero-order chi connectivity index (χ0) is 16.4. The summed E-state index contributed by atoms with van der Waals surface area (Å²) in [5.41, 5.74) is 1.35. The lowest BCUT2D eigenvalue weighted by atomic mass is 9.94. The Morgan fingerprint density at radius 2 is 2.12 bits per heavy atom. The molecular formula is C17H23N5OS. The molecule has 7 heteroatoms. The number of carbonyl (C=O) groups is 1. The maximum atomic E-state index is 12.8. The molecule has 4 heterocycles. The van der Waals surface area contributed by atoms with Crippen molar-refractivity contribution in [3.05, 3.63) is 34.3 Å². The first-order valence-corrected chi connectivity index (χ1v) is 9.58. The number of hydrogen-bond donors (Lipinski definition) is 0. The molecule has 0 N–H and O–H groups in total. The standard InChI is InChI=1S/C17H23N5OS/c23-17(21-8-3-16-15(13-21)4-12-24-16)14-1-6-20(7-2-14)10-11-22-9-5-18-19-22/h4-5,9,12,14H,1-3,6-8,10-11,13H2. The van der Waals surface area contributed by atoms with Gasteiger partial charge in [-0.05, 0) is 49.4 Å². The summed E-state index contributed by atoms with van der Waals surface area (Å²) in [6, 6.07) is 2.17. The van der Waals surface area contributed by atoms with Gasteiger partial charge in [0.05, 0.1) is 12.7 Å². The van der Waals surface area contributed by atoms with Crippen LogP contribution in [0.25, 0.3) is 0 Å². The third kappa shape index (κ3) is 3.37. The van der Waals surface area contributed by atoms with Crippen LogP contribution >= 0.6 is 11.3 Å². The molecule has 0 saturated carbocycles. The minimum atomic E-state index is 0.202. The molecule has 0 aliphatic carbocycles. The molecule has 0 bridgehead atoms. The smallest absolute Gasteiger partial charge is 0.226 e. The summed E-state index contributed by atoms with van der Waals surface area (Å²) in [6.45, 7) is 5.55. The van der Waals surface area contributed by atoms with Crippen LogP contribution in [0.1, 0.15) is 23.3 Å². The van der Waals surface area contributed by atoms with Gasteiger partial charge in [-0.1, -0.05) is 5.21 Å². The molecule has 6 nitrogen and oxygen atoms in total. The van der Waals surface area contributed by atoms with E-state index in [-0.39, 0.29) is 5.92 Å². The van der Waals surface area contributed by atoms with Crippen LogP contribution in [0, 0.1) is 5.92 Å². The van der Waals surface area contributed by atoms with Gasteiger partial charge in [0.15, 0.2) is 0 Å². The van der Waals surface area contributed by atoms with Crippen LogP contribution in [0.3, 0.4) is 0 Å². The molecule has 2 aromatic rings. The molecule has 4 rings (SSSR count). The van der Waals surface area contributed by atoms with Crippen molar-refractivity contribution < 1.29 is 4.79 Å². The number of thiophene rings is 1. The van der Waals surface area contributed by atoms with Gasteiger partial charge in [-0.3, -0.25) is 9.48 Å². The molecule has 1 amide bonds. The molecule has 128 valence electrons. The highest BCUT2D eigenvalue weighted by Gasteiger charge is 2.30. The van der Waals surface area contributed by atoms with Crippen LogP contribution in [-0.2, 0) is 24.3 Å². The van der Waals surface area contributed by atoms with E-state index < -0.39 is 0 Å². The van der Waals surface area contributed by atoms with Crippen LogP contribution in [-0.4, -0.2) is 56.9 Å². The predicted molar refractivity (Wildman–Crippen MR) is 92.6 cm³/mol. The summed E-state index contributed by atoms with van der Waals surface area (Å²) in [4.78, 5) is 18.8. The molecule has 2 aliphatic heterocycles. The molecule has 0 atom stereocenters. The Hall–Kier alpha value is -1.73. The van der Waals surface area contributed by atoms with Gasteiger partial charge in [0, 0.05) is 36.6 Å². The SMILES string of the molecule is O=C(C1CCN(CCn2ccnn2)CC1)N1CCc2sccc2C1. The van der Waals surface area contributed by atoms with Gasteiger partial charge in [-0.25, -0.2) is 0 Å². The molecule has 0 spiro atoms. The van der Waals surface area contributed by atoms with Crippen molar-refractivity contribution in [2.75, 3.05) is 26.2 Å². The van der Waals surface area contributed by atoms with E-state index in [9.17, 15) is 4.79 Å². The molecule has 2 aliphatic rings. The summed E-state index contributed by atoms with van der Waals surface area (Å²) in [5.74, 6) is 0.565.